The minimum Gasteiger partial charge on any atom is -0.491 e. The van der Waals surface area contributed by atoms with Crippen molar-refractivity contribution in [3.05, 3.63) is 87.9 Å². The number of nitrogens with one attached hydrogen (secondary N) is 1. The Morgan fingerprint density at radius 2 is 1.82 bits per heavy atom. The first-order chi connectivity index (χ1) is 19.1. The topological polar surface area (TPSA) is 103 Å². The molecule has 1 N–H and O–H groups in total. The third-order valence-electron chi connectivity index (χ3n) is 7.76. The van der Waals surface area contributed by atoms with Crippen LogP contribution in [0, 0.1) is 0 Å². The van der Waals surface area contributed by atoms with E-state index in [4.69, 9.17) is 14.2 Å². The van der Waals surface area contributed by atoms with Crippen LogP contribution >= 0.6 is 11.3 Å². The lowest BCUT2D eigenvalue weighted by molar-refractivity contribution is -0.122. The van der Waals surface area contributed by atoms with Crippen molar-refractivity contribution in [2.45, 2.75) is 30.7 Å². The number of hydrogen-bond acceptors (Lipinski definition) is 8. The summed E-state index contributed by atoms with van der Waals surface area (Å²) in [4.78, 5) is 29.0. The van der Waals surface area contributed by atoms with Gasteiger partial charge in [0.1, 0.15) is 22.8 Å². The van der Waals surface area contributed by atoms with Crippen LogP contribution in [0.15, 0.2) is 60.7 Å². The van der Waals surface area contributed by atoms with Crippen LogP contribution < -0.4 is 24.4 Å². The molecule has 4 aromatic rings. The second kappa shape index (κ2) is 8.28. The second-order valence-electron chi connectivity index (χ2n) is 10.2. The van der Waals surface area contributed by atoms with Crippen molar-refractivity contribution in [2.24, 2.45) is 0 Å². The third-order valence-corrected chi connectivity index (χ3v) is 8.76. The van der Waals surface area contributed by atoms with Crippen LogP contribution in [0.25, 0.3) is 0 Å². The summed E-state index contributed by atoms with van der Waals surface area (Å²) in [7, 11) is 0. The highest BCUT2D eigenvalue weighted by atomic mass is 32.1. The maximum absolute atomic E-state index is 14.3. The summed E-state index contributed by atoms with van der Waals surface area (Å²) in [6, 6.07) is 18.8. The molecule has 8 rings (SSSR count). The molecule has 0 bridgehead atoms. The van der Waals surface area contributed by atoms with E-state index in [-0.39, 0.29) is 25.2 Å². The Kier molecular flexibility index (Phi) is 4.78. The molecule has 10 heteroatoms. The van der Waals surface area contributed by atoms with E-state index in [0.717, 1.165) is 40.2 Å². The van der Waals surface area contributed by atoms with Crippen LogP contribution in [0.2, 0.25) is 0 Å². The molecule has 4 heterocycles. The smallest absolute Gasteiger partial charge is 0.257 e. The number of anilines is 2. The number of aromatic nitrogens is 2. The van der Waals surface area contributed by atoms with Crippen LogP contribution in [-0.4, -0.2) is 35.4 Å². The average Bonchev–Trinajstić information content (AvgIpc) is 3.27. The molecule has 1 aromatic heterocycles. The Balaban J connectivity index is 1.10. The molecule has 2 amide bonds. The predicted octanol–water partition coefficient (Wildman–Crippen LogP) is 4.62. The Morgan fingerprint density at radius 1 is 0.974 bits per heavy atom. The van der Waals surface area contributed by atoms with Crippen molar-refractivity contribution in [3.8, 4) is 17.2 Å². The Bertz CT molecular complexity index is 1680. The Hall–Kier alpha value is -4.44. The first-order valence-electron chi connectivity index (χ1n) is 12.8. The first-order valence-corrected chi connectivity index (χ1v) is 13.6. The van der Waals surface area contributed by atoms with Crippen LogP contribution in [-0.2, 0) is 16.8 Å². The zero-order chi connectivity index (χ0) is 26.1. The fourth-order valence-electron chi connectivity index (χ4n) is 5.66. The van der Waals surface area contributed by atoms with Crippen molar-refractivity contribution in [2.75, 3.05) is 23.6 Å². The van der Waals surface area contributed by atoms with Gasteiger partial charge in [0.2, 0.25) is 17.8 Å². The van der Waals surface area contributed by atoms with Gasteiger partial charge in [0, 0.05) is 28.8 Å². The van der Waals surface area contributed by atoms with Gasteiger partial charge in [-0.15, -0.1) is 10.2 Å². The van der Waals surface area contributed by atoms with Gasteiger partial charge in [0.25, 0.3) is 5.91 Å². The molecule has 3 aliphatic heterocycles. The van der Waals surface area contributed by atoms with E-state index in [1.807, 2.05) is 48.5 Å². The number of nitrogens with zero attached hydrogens (tertiary/aromatic N) is 3. The molecular weight excluding hydrogens is 516 g/mol. The SMILES string of the molecule is O=C(Nc1nnc(C2CC2)s1)c1cccc(CN2C(=O)C3(COc4cc5c(cc43)OCO5)c3ccccc32)c1. The van der Waals surface area contributed by atoms with Crippen molar-refractivity contribution in [1.29, 1.82) is 0 Å². The molecule has 1 fully saturated rings. The third kappa shape index (κ3) is 3.44. The molecule has 1 unspecified atom stereocenters. The van der Waals surface area contributed by atoms with Crippen LogP contribution in [0.1, 0.15) is 50.8 Å². The number of carbonyl (C=O) groups is 2. The van der Waals surface area contributed by atoms with Gasteiger partial charge >= 0.3 is 0 Å². The number of fused-ring (bicyclic) bond motifs is 5. The van der Waals surface area contributed by atoms with Crippen molar-refractivity contribution < 1.29 is 23.8 Å². The maximum Gasteiger partial charge on any atom is 0.257 e. The predicted molar refractivity (Wildman–Crippen MR) is 143 cm³/mol. The number of benzene rings is 3. The number of hydrogen-bond donors (Lipinski definition) is 1. The highest BCUT2D eigenvalue weighted by molar-refractivity contribution is 7.15. The van der Waals surface area contributed by atoms with Crippen LogP contribution in [0.3, 0.4) is 0 Å². The summed E-state index contributed by atoms with van der Waals surface area (Å²) in [5.41, 5.74) is 2.86. The minimum absolute atomic E-state index is 0.0716. The second-order valence-corrected chi connectivity index (χ2v) is 11.2. The van der Waals surface area contributed by atoms with Gasteiger partial charge in [0.15, 0.2) is 11.5 Å². The van der Waals surface area contributed by atoms with Gasteiger partial charge in [-0.2, -0.15) is 0 Å². The van der Waals surface area contributed by atoms with Gasteiger partial charge in [-0.3, -0.25) is 14.9 Å². The number of carbonyl (C=O) groups excluding carboxylic acids is 2. The molecule has 1 spiro atoms. The maximum atomic E-state index is 14.3. The molecule has 4 aliphatic rings. The van der Waals surface area contributed by atoms with E-state index in [0.29, 0.717) is 40.4 Å². The van der Waals surface area contributed by atoms with Gasteiger partial charge in [-0.25, -0.2) is 0 Å². The molecule has 0 radical (unpaired) electrons. The molecule has 1 aliphatic carbocycles. The van der Waals surface area contributed by atoms with Gasteiger partial charge < -0.3 is 19.1 Å². The number of para-hydroxylation sites is 1. The van der Waals surface area contributed by atoms with Gasteiger partial charge in [0.05, 0.1) is 6.54 Å². The molecule has 1 atom stereocenters. The molecule has 39 heavy (non-hydrogen) atoms. The summed E-state index contributed by atoms with van der Waals surface area (Å²) in [5, 5.41) is 12.7. The zero-order valence-electron chi connectivity index (χ0n) is 20.7. The quantitative estimate of drug-likeness (QED) is 0.396. The summed E-state index contributed by atoms with van der Waals surface area (Å²) in [6.45, 7) is 0.653. The van der Waals surface area contributed by atoms with Crippen molar-refractivity contribution >= 4 is 34.0 Å². The average molecular weight is 539 g/mol. The summed E-state index contributed by atoms with van der Waals surface area (Å²) < 4.78 is 17.2. The van der Waals surface area contributed by atoms with E-state index in [1.165, 1.54) is 11.3 Å². The number of amides is 2. The lowest BCUT2D eigenvalue weighted by Crippen LogP contribution is -2.42. The van der Waals surface area contributed by atoms with Crippen LogP contribution in [0.4, 0.5) is 10.8 Å². The fraction of sp³-hybridized carbons (Fsp3) is 0.241. The van der Waals surface area contributed by atoms with E-state index >= 15 is 0 Å². The number of ether oxygens (including phenoxy) is 3. The van der Waals surface area contributed by atoms with Gasteiger partial charge in [-0.1, -0.05) is 41.7 Å². The Labute approximate surface area is 227 Å². The van der Waals surface area contributed by atoms with Crippen LogP contribution in [0.5, 0.6) is 17.2 Å². The van der Waals surface area contributed by atoms with E-state index < -0.39 is 5.41 Å². The van der Waals surface area contributed by atoms with Crippen molar-refractivity contribution in [3.63, 3.8) is 0 Å². The molecule has 1 saturated carbocycles. The largest absolute Gasteiger partial charge is 0.491 e. The van der Waals surface area contributed by atoms with E-state index in [9.17, 15) is 9.59 Å². The molecule has 9 nitrogen and oxygen atoms in total. The normalized spacial score (nSPS) is 20.2. The van der Waals surface area contributed by atoms with E-state index in [1.54, 1.807) is 17.0 Å². The zero-order valence-corrected chi connectivity index (χ0v) is 21.5. The highest BCUT2D eigenvalue weighted by Crippen LogP contribution is 2.55. The minimum atomic E-state index is -0.973. The monoisotopic (exact) mass is 538 g/mol. The standard InChI is InChI=1S/C29H22N4O5S/c34-25(30-28-32-31-26(39-28)17-8-9-17)18-5-3-4-16(10-18)13-33-21-7-2-1-6-19(21)29(27(33)35)14-36-22-12-24-23(11-20(22)29)37-15-38-24/h1-7,10-12,17H,8-9,13-15H2,(H,30,32,34). The number of rotatable bonds is 5. The summed E-state index contributed by atoms with van der Waals surface area (Å²) in [5.74, 6) is 2.02. The van der Waals surface area contributed by atoms with E-state index in [2.05, 4.69) is 15.5 Å². The lowest BCUT2D eigenvalue weighted by Gasteiger charge is -2.23. The first kappa shape index (κ1) is 22.5. The Morgan fingerprint density at radius 3 is 2.69 bits per heavy atom. The molecule has 0 saturated heterocycles. The van der Waals surface area contributed by atoms with Gasteiger partial charge in [-0.05, 0) is 48.2 Å². The molecular formula is C29H22N4O5S. The lowest BCUT2D eigenvalue weighted by atomic mass is 9.77. The highest BCUT2D eigenvalue weighted by Gasteiger charge is 2.57. The summed E-state index contributed by atoms with van der Waals surface area (Å²) in [6.07, 6.45) is 2.26. The van der Waals surface area contributed by atoms with Crippen molar-refractivity contribution in [1.82, 2.24) is 10.2 Å². The molecule has 194 valence electrons. The summed E-state index contributed by atoms with van der Waals surface area (Å²) >= 11 is 1.43. The fourth-order valence-corrected chi connectivity index (χ4v) is 6.57. The molecule has 3 aromatic carbocycles.